The minimum atomic E-state index is 0.423. The number of hydrogen-bond donors (Lipinski definition) is 1. The third-order valence-electron chi connectivity index (χ3n) is 3.59. The van der Waals surface area contributed by atoms with Gasteiger partial charge in [-0.25, -0.2) is 0 Å². The van der Waals surface area contributed by atoms with Gasteiger partial charge >= 0.3 is 0 Å². The first-order valence-electron chi connectivity index (χ1n) is 7.90. The van der Waals surface area contributed by atoms with E-state index >= 15 is 0 Å². The van der Waals surface area contributed by atoms with Crippen molar-refractivity contribution in [2.75, 3.05) is 6.54 Å². The van der Waals surface area contributed by atoms with E-state index in [0.29, 0.717) is 6.04 Å². The molecule has 0 saturated carbocycles. The van der Waals surface area contributed by atoms with Gasteiger partial charge in [0.15, 0.2) is 5.82 Å². The first-order chi connectivity index (χ1) is 10.3. The van der Waals surface area contributed by atoms with Crippen LogP contribution >= 0.6 is 0 Å². The monoisotopic (exact) mass is 287 g/mol. The van der Waals surface area contributed by atoms with Crippen LogP contribution in [0.2, 0.25) is 0 Å². The summed E-state index contributed by atoms with van der Waals surface area (Å²) in [5.74, 6) is 1.55. The summed E-state index contributed by atoms with van der Waals surface area (Å²) in [6.07, 6.45) is 4.80. The topological polar surface area (TPSA) is 51.0 Å². The Labute approximate surface area is 127 Å². The van der Waals surface area contributed by atoms with Gasteiger partial charge in [0.2, 0.25) is 5.89 Å². The van der Waals surface area contributed by atoms with E-state index in [1.807, 2.05) is 6.07 Å². The highest BCUT2D eigenvalue weighted by atomic mass is 16.5. The van der Waals surface area contributed by atoms with Gasteiger partial charge in [-0.1, -0.05) is 49.3 Å². The molecule has 21 heavy (non-hydrogen) atoms. The van der Waals surface area contributed by atoms with Gasteiger partial charge < -0.3 is 9.84 Å². The number of hydrogen-bond acceptors (Lipinski definition) is 4. The molecule has 0 bridgehead atoms. The smallest absolute Gasteiger partial charge is 0.228 e. The molecule has 1 aromatic heterocycles. The molecule has 4 nitrogen and oxygen atoms in total. The van der Waals surface area contributed by atoms with Crippen molar-refractivity contribution >= 4 is 0 Å². The lowest BCUT2D eigenvalue weighted by Crippen LogP contribution is -2.31. The maximum Gasteiger partial charge on any atom is 0.228 e. The molecule has 1 heterocycles. The van der Waals surface area contributed by atoms with Crippen molar-refractivity contribution < 1.29 is 4.52 Å². The van der Waals surface area contributed by atoms with E-state index < -0.39 is 0 Å². The van der Waals surface area contributed by atoms with E-state index in [4.69, 9.17) is 4.52 Å². The van der Waals surface area contributed by atoms with E-state index in [2.05, 4.69) is 53.6 Å². The Bertz CT molecular complexity index is 510. The molecule has 0 fully saturated rings. The van der Waals surface area contributed by atoms with Gasteiger partial charge in [0.25, 0.3) is 0 Å². The highest BCUT2D eigenvalue weighted by molar-refractivity contribution is 5.15. The summed E-state index contributed by atoms with van der Waals surface area (Å²) < 4.78 is 5.36. The summed E-state index contributed by atoms with van der Waals surface area (Å²) in [5.41, 5.74) is 1.31. The molecule has 0 aliphatic heterocycles. The largest absolute Gasteiger partial charge is 0.339 e. The molecular formula is C17H25N3O. The highest BCUT2D eigenvalue weighted by Crippen LogP contribution is 2.07. The fourth-order valence-corrected chi connectivity index (χ4v) is 2.30. The average Bonchev–Trinajstić information content (AvgIpc) is 2.98. The third kappa shape index (κ3) is 5.31. The molecular weight excluding hydrogens is 262 g/mol. The molecule has 1 atom stereocenters. The van der Waals surface area contributed by atoms with E-state index in [-0.39, 0.29) is 0 Å². The molecule has 2 aromatic rings. The van der Waals surface area contributed by atoms with Crippen LogP contribution < -0.4 is 5.32 Å². The molecule has 4 heteroatoms. The summed E-state index contributed by atoms with van der Waals surface area (Å²) >= 11 is 0. The predicted molar refractivity (Wildman–Crippen MR) is 84.2 cm³/mol. The number of aromatic nitrogens is 2. The van der Waals surface area contributed by atoms with Crippen LogP contribution in [-0.4, -0.2) is 22.7 Å². The lowest BCUT2D eigenvalue weighted by atomic mass is 10.1. The summed E-state index contributed by atoms with van der Waals surface area (Å²) in [6.45, 7) is 5.39. The summed E-state index contributed by atoms with van der Waals surface area (Å²) in [6, 6.07) is 10.8. The van der Waals surface area contributed by atoms with Crippen LogP contribution in [0, 0.1) is 0 Å². The van der Waals surface area contributed by atoms with Gasteiger partial charge in [-0.15, -0.1) is 0 Å². The quantitative estimate of drug-likeness (QED) is 0.769. The Morgan fingerprint density at radius 2 is 1.95 bits per heavy atom. The van der Waals surface area contributed by atoms with Crippen molar-refractivity contribution in [2.45, 2.75) is 52.0 Å². The fourth-order valence-electron chi connectivity index (χ4n) is 2.30. The second kappa shape index (κ2) is 8.57. The number of rotatable bonds is 9. The Hall–Kier alpha value is -1.68. The van der Waals surface area contributed by atoms with Crippen LogP contribution in [0.25, 0.3) is 0 Å². The van der Waals surface area contributed by atoms with Crippen LogP contribution in [0.1, 0.15) is 44.0 Å². The first kappa shape index (κ1) is 15.7. The molecule has 2 rings (SSSR count). The first-order valence-corrected chi connectivity index (χ1v) is 7.90. The Balaban J connectivity index is 1.83. The van der Waals surface area contributed by atoms with Gasteiger partial charge in [0.1, 0.15) is 0 Å². The zero-order valence-corrected chi connectivity index (χ0v) is 13.0. The van der Waals surface area contributed by atoms with Crippen LogP contribution in [0.5, 0.6) is 0 Å². The molecule has 0 spiro atoms. The number of nitrogens with one attached hydrogen (secondary N) is 1. The maximum absolute atomic E-state index is 5.36. The molecule has 0 aliphatic carbocycles. The summed E-state index contributed by atoms with van der Waals surface area (Å²) in [5, 5.41) is 7.59. The molecule has 0 saturated heterocycles. The third-order valence-corrected chi connectivity index (χ3v) is 3.59. The minimum Gasteiger partial charge on any atom is -0.339 e. The lowest BCUT2D eigenvalue weighted by Gasteiger charge is -2.13. The molecule has 1 N–H and O–H groups in total. The molecule has 0 aliphatic rings. The van der Waals surface area contributed by atoms with Crippen molar-refractivity contribution in [3.63, 3.8) is 0 Å². The van der Waals surface area contributed by atoms with Gasteiger partial charge in [-0.3, -0.25) is 0 Å². The normalized spacial score (nSPS) is 12.5. The predicted octanol–water partition coefficient (Wildman–Crippen LogP) is 3.18. The lowest BCUT2D eigenvalue weighted by molar-refractivity contribution is 0.350. The SMILES string of the molecule is CCCNC(CC)Cc1nc(CCc2ccccc2)no1. The number of aryl methyl sites for hydroxylation is 2. The van der Waals surface area contributed by atoms with E-state index in [1.165, 1.54) is 5.56 Å². The molecule has 1 aromatic carbocycles. The van der Waals surface area contributed by atoms with Crippen molar-refractivity contribution in [1.29, 1.82) is 0 Å². The van der Waals surface area contributed by atoms with Gasteiger partial charge in [0.05, 0.1) is 0 Å². The summed E-state index contributed by atoms with van der Waals surface area (Å²) in [7, 11) is 0. The standard InChI is InChI=1S/C17H25N3O/c1-3-12-18-15(4-2)13-17-19-16(20-21-17)11-10-14-8-6-5-7-9-14/h5-9,15,18H,3-4,10-13H2,1-2H3. The van der Waals surface area contributed by atoms with Crippen molar-refractivity contribution in [2.24, 2.45) is 0 Å². The van der Waals surface area contributed by atoms with Gasteiger partial charge in [0, 0.05) is 18.9 Å². The zero-order chi connectivity index (χ0) is 14.9. The van der Waals surface area contributed by atoms with E-state index in [0.717, 1.165) is 50.4 Å². The number of nitrogens with zero attached hydrogens (tertiary/aromatic N) is 2. The molecule has 0 radical (unpaired) electrons. The molecule has 114 valence electrons. The van der Waals surface area contributed by atoms with Gasteiger partial charge in [-0.05, 0) is 31.4 Å². The summed E-state index contributed by atoms with van der Waals surface area (Å²) in [4.78, 5) is 4.50. The average molecular weight is 287 g/mol. The molecule has 1 unspecified atom stereocenters. The number of benzene rings is 1. The Morgan fingerprint density at radius 1 is 1.14 bits per heavy atom. The van der Waals surface area contributed by atoms with Crippen LogP contribution in [0.4, 0.5) is 0 Å². The Kier molecular flexibility index (Phi) is 6.41. The van der Waals surface area contributed by atoms with Crippen LogP contribution in [0.15, 0.2) is 34.9 Å². The second-order valence-electron chi connectivity index (χ2n) is 5.35. The van der Waals surface area contributed by atoms with Crippen molar-refractivity contribution in [3.05, 3.63) is 47.6 Å². The maximum atomic E-state index is 5.36. The zero-order valence-electron chi connectivity index (χ0n) is 13.0. The second-order valence-corrected chi connectivity index (χ2v) is 5.35. The Morgan fingerprint density at radius 3 is 2.67 bits per heavy atom. The van der Waals surface area contributed by atoms with Crippen LogP contribution in [0.3, 0.4) is 0 Å². The van der Waals surface area contributed by atoms with Crippen molar-refractivity contribution in [1.82, 2.24) is 15.5 Å². The highest BCUT2D eigenvalue weighted by Gasteiger charge is 2.12. The fraction of sp³-hybridized carbons (Fsp3) is 0.529. The van der Waals surface area contributed by atoms with Gasteiger partial charge in [-0.2, -0.15) is 4.98 Å². The minimum absolute atomic E-state index is 0.423. The van der Waals surface area contributed by atoms with Crippen LogP contribution in [-0.2, 0) is 19.3 Å². The van der Waals surface area contributed by atoms with E-state index in [9.17, 15) is 0 Å². The van der Waals surface area contributed by atoms with Crippen molar-refractivity contribution in [3.8, 4) is 0 Å². The van der Waals surface area contributed by atoms with E-state index in [1.54, 1.807) is 0 Å². The molecule has 0 amide bonds.